The van der Waals surface area contributed by atoms with E-state index < -0.39 is 0 Å². The number of nitrogens with two attached hydrogens (primary N) is 1. The van der Waals surface area contributed by atoms with Gasteiger partial charge in [0.15, 0.2) is 0 Å². The molecule has 1 rings (SSSR count). The predicted octanol–water partition coefficient (Wildman–Crippen LogP) is 0.0984. The third-order valence-electron chi connectivity index (χ3n) is 3.21. The highest BCUT2D eigenvalue weighted by Crippen LogP contribution is 2.17. The maximum atomic E-state index is 12.0. The van der Waals surface area contributed by atoms with Crippen LogP contribution >= 0.6 is 0 Å². The average Bonchev–Trinajstić information content (AvgIpc) is 2.29. The van der Waals surface area contributed by atoms with Gasteiger partial charge < -0.3 is 16.0 Å². The summed E-state index contributed by atoms with van der Waals surface area (Å²) < 4.78 is 0. The quantitative estimate of drug-likeness (QED) is 0.716. The van der Waals surface area contributed by atoms with Crippen molar-refractivity contribution in [2.24, 2.45) is 11.7 Å². The van der Waals surface area contributed by atoms with Crippen molar-refractivity contribution in [2.75, 3.05) is 19.6 Å². The summed E-state index contributed by atoms with van der Waals surface area (Å²) in [5, 5.41) is 3.21. The summed E-state index contributed by atoms with van der Waals surface area (Å²) in [5.74, 6) is -0.339. The average molecular weight is 241 g/mol. The summed E-state index contributed by atoms with van der Waals surface area (Å²) in [4.78, 5) is 24.9. The lowest BCUT2D eigenvalue weighted by atomic mass is 9.97. The van der Waals surface area contributed by atoms with Crippen molar-refractivity contribution in [2.45, 2.75) is 39.2 Å². The van der Waals surface area contributed by atoms with E-state index in [0.717, 1.165) is 25.9 Å². The van der Waals surface area contributed by atoms with Gasteiger partial charge in [0.2, 0.25) is 11.8 Å². The second-order valence-electron chi connectivity index (χ2n) is 4.74. The molecular weight excluding hydrogens is 218 g/mol. The molecule has 2 atom stereocenters. The van der Waals surface area contributed by atoms with Crippen LogP contribution in [0.2, 0.25) is 0 Å². The van der Waals surface area contributed by atoms with E-state index >= 15 is 0 Å². The van der Waals surface area contributed by atoms with E-state index in [1.807, 2.05) is 13.8 Å². The largest absolute Gasteiger partial charge is 0.369 e. The van der Waals surface area contributed by atoms with Crippen LogP contribution in [-0.4, -0.2) is 42.4 Å². The molecule has 1 heterocycles. The first-order valence-electron chi connectivity index (χ1n) is 6.35. The minimum absolute atomic E-state index is 0.115. The molecule has 2 amide bonds. The Hall–Kier alpha value is -1.10. The van der Waals surface area contributed by atoms with Gasteiger partial charge in [-0.1, -0.05) is 6.92 Å². The topological polar surface area (TPSA) is 75.4 Å². The zero-order chi connectivity index (χ0) is 12.8. The molecule has 0 aliphatic carbocycles. The maximum Gasteiger partial charge on any atom is 0.224 e. The molecule has 0 bridgehead atoms. The highest BCUT2D eigenvalue weighted by Gasteiger charge is 2.27. The van der Waals surface area contributed by atoms with Gasteiger partial charge >= 0.3 is 0 Å². The fraction of sp³-hybridized carbons (Fsp3) is 0.833. The standard InChI is InChI=1S/C12H23N3O2/c1-3-14-9(2)7-11(16)15-6-4-5-10(8-15)12(13)17/h9-10,14H,3-8H2,1-2H3,(H2,13,17). The molecule has 5 nitrogen and oxygen atoms in total. The number of primary amides is 1. The highest BCUT2D eigenvalue weighted by atomic mass is 16.2. The molecule has 1 saturated heterocycles. The van der Waals surface area contributed by atoms with Crippen LogP contribution in [0.3, 0.4) is 0 Å². The van der Waals surface area contributed by atoms with Gasteiger partial charge in [-0.25, -0.2) is 0 Å². The molecule has 2 unspecified atom stereocenters. The number of nitrogens with zero attached hydrogens (tertiary/aromatic N) is 1. The van der Waals surface area contributed by atoms with Crippen molar-refractivity contribution >= 4 is 11.8 Å². The summed E-state index contributed by atoms with van der Waals surface area (Å²) in [6, 6.07) is 0.182. The van der Waals surface area contributed by atoms with Gasteiger partial charge in [-0.15, -0.1) is 0 Å². The Morgan fingerprint density at radius 1 is 1.53 bits per heavy atom. The molecule has 3 N–H and O–H groups in total. The molecule has 0 aromatic carbocycles. The Labute approximate surface area is 103 Å². The van der Waals surface area contributed by atoms with Crippen molar-refractivity contribution in [3.8, 4) is 0 Å². The summed E-state index contributed by atoms with van der Waals surface area (Å²) in [6.07, 6.45) is 2.16. The Balaban J connectivity index is 2.43. The molecule has 1 aliphatic heterocycles. The van der Waals surface area contributed by atoms with Crippen molar-refractivity contribution in [3.05, 3.63) is 0 Å². The predicted molar refractivity (Wildman–Crippen MR) is 66.3 cm³/mol. The van der Waals surface area contributed by atoms with Gasteiger partial charge in [0.05, 0.1) is 5.92 Å². The first-order chi connectivity index (χ1) is 8.04. The van der Waals surface area contributed by atoms with Crippen LogP contribution < -0.4 is 11.1 Å². The van der Waals surface area contributed by atoms with E-state index in [0.29, 0.717) is 13.0 Å². The fourth-order valence-corrected chi connectivity index (χ4v) is 2.25. The minimum Gasteiger partial charge on any atom is -0.369 e. The maximum absolute atomic E-state index is 12.0. The first kappa shape index (κ1) is 14.0. The SMILES string of the molecule is CCNC(C)CC(=O)N1CCCC(C(N)=O)C1. The van der Waals surface area contributed by atoms with Crippen molar-refractivity contribution in [1.29, 1.82) is 0 Å². The second-order valence-corrected chi connectivity index (χ2v) is 4.74. The monoisotopic (exact) mass is 241 g/mol. The number of carbonyl (C=O) groups excluding carboxylic acids is 2. The van der Waals surface area contributed by atoms with Gasteiger partial charge in [-0.2, -0.15) is 0 Å². The van der Waals surface area contributed by atoms with E-state index in [2.05, 4.69) is 5.32 Å². The lowest BCUT2D eigenvalue weighted by molar-refractivity contribution is -0.135. The van der Waals surface area contributed by atoms with Crippen LogP contribution in [0.4, 0.5) is 0 Å². The molecule has 1 aliphatic rings. The molecule has 5 heteroatoms. The smallest absolute Gasteiger partial charge is 0.224 e. The van der Waals surface area contributed by atoms with E-state index in [9.17, 15) is 9.59 Å². The van der Waals surface area contributed by atoms with Gasteiger partial charge in [-0.05, 0) is 26.3 Å². The van der Waals surface area contributed by atoms with Crippen molar-refractivity contribution in [3.63, 3.8) is 0 Å². The summed E-state index contributed by atoms with van der Waals surface area (Å²) in [5.41, 5.74) is 5.29. The van der Waals surface area contributed by atoms with Crippen molar-refractivity contribution < 1.29 is 9.59 Å². The Morgan fingerprint density at radius 2 is 2.24 bits per heavy atom. The number of carbonyl (C=O) groups is 2. The molecule has 0 radical (unpaired) electrons. The normalized spacial score (nSPS) is 22.2. The van der Waals surface area contributed by atoms with Crippen LogP contribution in [0, 0.1) is 5.92 Å². The van der Waals surface area contributed by atoms with Gasteiger partial charge in [0.25, 0.3) is 0 Å². The first-order valence-corrected chi connectivity index (χ1v) is 6.35. The molecule has 0 aromatic heterocycles. The lowest BCUT2D eigenvalue weighted by Gasteiger charge is -2.32. The Kier molecular flexibility index (Phi) is 5.41. The molecule has 0 saturated carbocycles. The van der Waals surface area contributed by atoms with Gasteiger partial charge in [0.1, 0.15) is 0 Å². The number of rotatable bonds is 5. The number of nitrogens with one attached hydrogen (secondary N) is 1. The van der Waals surface area contributed by atoms with E-state index in [1.54, 1.807) is 4.90 Å². The molecule has 0 spiro atoms. The van der Waals surface area contributed by atoms with E-state index in [4.69, 9.17) is 5.73 Å². The number of amides is 2. The number of hydrogen-bond donors (Lipinski definition) is 2. The molecule has 1 fully saturated rings. The molecular formula is C12H23N3O2. The van der Waals surface area contributed by atoms with E-state index in [-0.39, 0.29) is 23.8 Å². The van der Waals surface area contributed by atoms with Crippen LogP contribution in [0.25, 0.3) is 0 Å². The molecule has 0 aromatic rings. The van der Waals surface area contributed by atoms with Crippen molar-refractivity contribution in [1.82, 2.24) is 10.2 Å². The fourth-order valence-electron chi connectivity index (χ4n) is 2.25. The third-order valence-corrected chi connectivity index (χ3v) is 3.21. The minimum atomic E-state index is -0.290. The lowest BCUT2D eigenvalue weighted by Crippen LogP contribution is -2.45. The summed E-state index contributed by atoms with van der Waals surface area (Å²) in [7, 11) is 0. The zero-order valence-corrected chi connectivity index (χ0v) is 10.7. The molecule has 17 heavy (non-hydrogen) atoms. The third kappa shape index (κ3) is 4.34. The van der Waals surface area contributed by atoms with Gasteiger partial charge in [-0.3, -0.25) is 9.59 Å². The summed E-state index contributed by atoms with van der Waals surface area (Å²) in [6.45, 7) is 6.12. The van der Waals surface area contributed by atoms with Crippen LogP contribution in [0.5, 0.6) is 0 Å². The zero-order valence-electron chi connectivity index (χ0n) is 10.7. The van der Waals surface area contributed by atoms with Crippen LogP contribution in [-0.2, 0) is 9.59 Å². The Bertz CT molecular complexity index is 281. The van der Waals surface area contributed by atoms with Crippen LogP contribution in [0.1, 0.15) is 33.1 Å². The van der Waals surface area contributed by atoms with E-state index in [1.165, 1.54) is 0 Å². The van der Waals surface area contributed by atoms with Gasteiger partial charge in [0, 0.05) is 25.6 Å². The van der Waals surface area contributed by atoms with Crippen LogP contribution in [0.15, 0.2) is 0 Å². The highest BCUT2D eigenvalue weighted by molar-refractivity contribution is 5.80. The second kappa shape index (κ2) is 6.59. The Morgan fingerprint density at radius 3 is 2.82 bits per heavy atom. The number of hydrogen-bond acceptors (Lipinski definition) is 3. The summed E-state index contributed by atoms with van der Waals surface area (Å²) >= 11 is 0. The molecule has 98 valence electrons. The number of piperidine rings is 1. The number of likely N-dealkylation sites (tertiary alicyclic amines) is 1.